The van der Waals surface area contributed by atoms with Gasteiger partial charge in [0.1, 0.15) is 0 Å². The van der Waals surface area contributed by atoms with Crippen LogP contribution in [0, 0.1) is 5.41 Å². The first-order chi connectivity index (χ1) is 6.45. The third kappa shape index (κ3) is 2.69. The second-order valence-electron chi connectivity index (χ2n) is 4.76. The van der Waals surface area contributed by atoms with Crippen molar-refractivity contribution in [2.24, 2.45) is 5.41 Å². The van der Waals surface area contributed by atoms with Gasteiger partial charge >= 0.3 is 0 Å². The smallest absolute Gasteiger partial charge is 0.225 e. The first-order valence-corrected chi connectivity index (χ1v) is 4.99. The largest absolute Gasteiger partial charge is 0.378 e. The average Bonchev–Trinajstić information content (AvgIpc) is 2.50. The molecule has 1 heterocycles. The second-order valence-corrected chi connectivity index (χ2v) is 4.76. The maximum absolute atomic E-state index is 11.7. The normalized spacial score (nSPS) is 27.7. The highest BCUT2D eigenvalue weighted by molar-refractivity contribution is 5.81. The van der Waals surface area contributed by atoms with Crippen molar-refractivity contribution >= 4 is 5.91 Å². The lowest BCUT2D eigenvalue weighted by Gasteiger charge is -2.24. The highest BCUT2D eigenvalue weighted by Gasteiger charge is 2.31. The van der Waals surface area contributed by atoms with E-state index in [1.54, 1.807) is 7.11 Å². The molecule has 2 atom stereocenters. The Kier molecular flexibility index (Phi) is 3.50. The summed E-state index contributed by atoms with van der Waals surface area (Å²) in [7, 11) is 1.67. The van der Waals surface area contributed by atoms with Crippen molar-refractivity contribution in [3.05, 3.63) is 0 Å². The van der Waals surface area contributed by atoms with E-state index < -0.39 is 0 Å². The van der Waals surface area contributed by atoms with Crippen molar-refractivity contribution in [2.75, 3.05) is 20.2 Å². The minimum absolute atomic E-state index is 0.0771. The molecule has 0 aromatic heterocycles. The van der Waals surface area contributed by atoms with E-state index in [9.17, 15) is 4.79 Å². The molecule has 0 radical (unpaired) electrons. The number of hydrogen-bond donors (Lipinski definition) is 2. The topological polar surface area (TPSA) is 50.4 Å². The van der Waals surface area contributed by atoms with Gasteiger partial charge in [0.25, 0.3) is 0 Å². The molecule has 1 unspecified atom stereocenters. The van der Waals surface area contributed by atoms with E-state index in [0.717, 1.165) is 13.1 Å². The molecule has 4 heteroatoms. The number of methoxy groups -OCH3 is 1. The summed E-state index contributed by atoms with van der Waals surface area (Å²) in [5.41, 5.74) is -0.332. The van der Waals surface area contributed by atoms with Crippen molar-refractivity contribution in [1.82, 2.24) is 10.6 Å². The number of nitrogens with one attached hydrogen (secondary N) is 2. The van der Waals surface area contributed by atoms with Crippen LogP contribution in [0.25, 0.3) is 0 Å². The van der Waals surface area contributed by atoms with Crippen molar-refractivity contribution in [3.63, 3.8) is 0 Å². The molecule has 82 valence electrons. The maximum Gasteiger partial charge on any atom is 0.225 e. The van der Waals surface area contributed by atoms with Gasteiger partial charge in [-0.3, -0.25) is 4.79 Å². The van der Waals surface area contributed by atoms with Crippen LogP contribution in [0.2, 0.25) is 0 Å². The molecule has 0 bridgehead atoms. The molecule has 0 aliphatic carbocycles. The number of carbonyl (C=O) groups is 1. The summed E-state index contributed by atoms with van der Waals surface area (Å²) in [5.74, 6) is 0.0771. The van der Waals surface area contributed by atoms with Gasteiger partial charge in [-0.2, -0.15) is 0 Å². The minimum Gasteiger partial charge on any atom is -0.378 e. The zero-order valence-electron chi connectivity index (χ0n) is 9.39. The molecule has 0 aromatic rings. The maximum atomic E-state index is 11.7. The SMILES string of the molecule is CO[C@H]1CNCC1NC(=O)C(C)(C)C. The van der Waals surface area contributed by atoms with Crippen LogP contribution in [0.3, 0.4) is 0 Å². The number of carbonyl (C=O) groups excluding carboxylic acids is 1. The molecular formula is C10H20N2O2. The molecule has 1 amide bonds. The average molecular weight is 200 g/mol. The number of hydrogen-bond acceptors (Lipinski definition) is 3. The molecular weight excluding hydrogens is 180 g/mol. The van der Waals surface area contributed by atoms with Gasteiger partial charge < -0.3 is 15.4 Å². The van der Waals surface area contributed by atoms with Crippen LogP contribution in [0.4, 0.5) is 0 Å². The summed E-state index contributed by atoms with van der Waals surface area (Å²) >= 11 is 0. The Morgan fingerprint density at radius 1 is 1.43 bits per heavy atom. The molecule has 1 fully saturated rings. The highest BCUT2D eigenvalue weighted by Crippen LogP contribution is 2.14. The summed E-state index contributed by atoms with van der Waals surface area (Å²) in [6.45, 7) is 7.33. The zero-order chi connectivity index (χ0) is 10.8. The van der Waals surface area contributed by atoms with Crippen LogP contribution in [0.15, 0.2) is 0 Å². The lowest BCUT2D eigenvalue weighted by molar-refractivity contribution is -0.129. The predicted octanol–water partition coefficient (Wildman–Crippen LogP) is 0.135. The number of ether oxygens (including phenoxy) is 1. The minimum atomic E-state index is -0.332. The Hall–Kier alpha value is -0.610. The van der Waals surface area contributed by atoms with Gasteiger partial charge in [-0.05, 0) is 0 Å². The van der Waals surface area contributed by atoms with Crippen LogP contribution >= 0.6 is 0 Å². The molecule has 2 N–H and O–H groups in total. The van der Waals surface area contributed by atoms with Crippen LogP contribution in [-0.2, 0) is 9.53 Å². The Morgan fingerprint density at radius 3 is 2.57 bits per heavy atom. The fourth-order valence-corrected chi connectivity index (χ4v) is 1.43. The monoisotopic (exact) mass is 200 g/mol. The lowest BCUT2D eigenvalue weighted by atomic mass is 9.95. The Labute approximate surface area is 85.4 Å². The van der Waals surface area contributed by atoms with E-state index in [-0.39, 0.29) is 23.5 Å². The molecule has 14 heavy (non-hydrogen) atoms. The molecule has 0 saturated carbocycles. The molecule has 1 rings (SSSR count). The van der Waals surface area contributed by atoms with Crippen molar-refractivity contribution < 1.29 is 9.53 Å². The van der Waals surface area contributed by atoms with Crippen LogP contribution in [-0.4, -0.2) is 38.3 Å². The summed E-state index contributed by atoms with van der Waals surface area (Å²) in [6.07, 6.45) is 0.0984. The first kappa shape index (κ1) is 11.5. The Morgan fingerprint density at radius 2 is 2.07 bits per heavy atom. The van der Waals surface area contributed by atoms with Gasteiger partial charge in [0.2, 0.25) is 5.91 Å². The van der Waals surface area contributed by atoms with Crippen molar-refractivity contribution in [3.8, 4) is 0 Å². The first-order valence-electron chi connectivity index (χ1n) is 4.99. The number of amides is 1. The van der Waals surface area contributed by atoms with Crippen molar-refractivity contribution in [1.29, 1.82) is 0 Å². The van der Waals surface area contributed by atoms with Crippen molar-refractivity contribution in [2.45, 2.75) is 32.9 Å². The van der Waals surface area contributed by atoms with Gasteiger partial charge in [0, 0.05) is 25.6 Å². The molecule has 1 aliphatic rings. The molecule has 1 saturated heterocycles. The summed E-state index contributed by atoms with van der Waals surface area (Å²) in [6, 6.07) is 0.103. The van der Waals surface area contributed by atoms with Crippen LogP contribution in [0.1, 0.15) is 20.8 Å². The van der Waals surface area contributed by atoms with E-state index in [1.165, 1.54) is 0 Å². The Bertz CT molecular complexity index is 211. The van der Waals surface area contributed by atoms with E-state index in [4.69, 9.17) is 4.74 Å². The summed E-state index contributed by atoms with van der Waals surface area (Å²) in [4.78, 5) is 11.7. The van der Waals surface area contributed by atoms with Crippen LogP contribution < -0.4 is 10.6 Å². The molecule has 0 spiro atoms. The molecule has 1 aliphatic heterocycles. The van der Waals surface area contributed by atoms with Gasteiger partial charge in [0.15, 0.2) is 0 Å². The highest BCUT2D eigenvalue weighted by atomic mass is 16.5. The van der Waals surface area contributed by atoms with E-state index >= 15 is 0 Å². The Balaban J connectivity index is 2.48. The molecule has 4 nitrogen and oxygen atoms in total. The van der Waals surface area contributed by atoms with E-state index in [2.05, 4.69) is 10.6 Å². The third-order valence-corrected chi connectivity index (χ3v) is 2.46. The summed E-state index contributed by atoms with van der Waals surface area (Å²) < 4.78 is 5.26. The quantitative estimate of drug-likeness (QED) is 0.666. The zero-order valence-corrected chi connectivity index (χ0v) is 9.39. The molecule has 0 aromatic carbocycles. The van der Waals surface area contributed by atoms with E-state index in [0.29, 0.717) is 0 Å². The van der Waals surface area contributed by atoms with E-state index in [1.807, 2.05) is 20.8 Å². The summed E-state index contributed by atoms with van der Waals surface area (Å²) in [5, 5.41) is 6.18. The van der Waals surface area contributed by atoms with Crippen LogP contribution in [0.5, 0.6) is 0 Å². The predicted molar refractivity (Wildman–Crippen MR) is 55.1 cm³/mol. The fraction of sp³-hybridized carbons (Fsp3) is 0.900. The standard InChI is InChI=1S/C10H20N2O2/c1-10(2,3)9(13)12-7-5-11-6-8(7)14-4/h7-8,11H,5-6H2,1-4H3,(H,12,13)/t7?,8-/m0/s1. The number of rotatable bonds is 2. The van der Waals surface area contributed by atoms with Gasteiger partial charge in [-0.15, -0.1) is 0 Å². The van der Waals surface area contributed by atoms with Gasteiger partial charge in [-0.25, -0.2) is 0 Å². The fourth-order valence-electron chi connectivity index (χ4n) is 1.43. The second kappa shape index (κ2) is 4.28. The third-order valence-electron chi connectivity index (χ3n) is 2.46. The lowest BCUT2D eigenvalue weighted by Crippen LogP contribution is -2.47. The van der Waals surface area contributed by atoms with Gasteiger partial charge in [-0.1, -0.05) is 20.8 Å². The van der Waals surface area contributed by atoms with Gasteiger partial charge in [0.05, 0.1) is 12.1 Å².